The molecule has 0 unspecified atom stereocenters. The highest BCUT2D eigenvalue weighted by atomic mass is 79.9. The van der Waals surface area contributed by atoms with Gasteiger partial charge in [-0.3, -0.25) is 14.6 Å². The summed E-state index contributed by atoms with van der Waals surface area (Å²) in [5, 5.41) is 3.04. The van der Waals surface area contributed by atoms with Gasteiger partial charge in [-0.05, 0) is 40.2 Å². The van der Waals surface area contributed by atoms with Crippen molar-refractivity contribution in [1.82, 2.24) is 9.88 Å². The third kappa shape index (κ3) is 3.84. The maximum absolute atomic E-state index is 12.2. The van der Waals surface area contributed by atoms with Crippen LogP contribution < -0.4 is 5.32 Å². The highest BCUT2D eigenvalue weighted by molar-refractivity contribution is 9.10. The molecule has 2 amide bonds. The number of rotatable bonds is 3. The highest BCUT2D eigenvalue weighted by Crippen LogP contribution is 2.24. The third-order valence-electron chi connectivity index (χ3n) is 2.83. The lowest BCUT2D eigenvalue weighted by molar-refractivity contribution is 0.0827. The molecule has 0 radical (unpaired) electrons. The molecule has 0 bridgehead atoms. The summed E-state index contributed by atoms with van der Waals surface area (Å²) in [6.07, 6.45) is 3.03. The molecule has 114 valence electrons. The van der Waals surface area contributed by atoms with Gasteiger partial charge in [0, 0.05) is 36.5 Å². The summed E-state index contributed by atoms with van der Waals surface area (Å²) >= 11 is 9.34. The van der Waals surface area contributed by atoms with Crippen LogP contribution in [0.25, 0.3) is 0 Å². The predicted molar refractivity (Wildman–Crippen MR) is 89.4 cm³/mol. The Morgan fingerprint density at radius 1 is 1.18 bits per heavy atom. The standard InChI is InChI=1S/C15H13BrClN3O2/c1-20(2)15(22)9-3-4-12(17)13(6-9)19-14(21)10-5-11(16)8-18-7-10/h3-8H,1-2H3,(H,19,21). The van der Waals surface area contributed by atoms with Gasteiger partial charge in [-0.25, -0.2) is 0 Å². The van der Waals surface area contributed by atoms with Crippen LogP contribution in [0.15, 0.2) is 41.1 Å². The molecule has 0 aliphatic heterocycles. The fraction of sp³-hybridized carbons (Fsp3) is 0.133. The van der Waals surface area contributed by atoms with Crippen LogP contribution in [-0.2, 0) is 0 Å². The van der Waals surface area contributed by atoms with Crippen molar-refractivity contribution < 1.29 is 9.59 Å². The second-order valence-corrected chi connectivity index (χ2v) is 6.06. The van der Waals surface area contributed by atoms with Gasteiger partial charge in [-0.15, -0.1) is 0 Å². The minimum absolute atomic E-state index is 0.170. The molecule has 2 aromatic rings. The van der Waals surface area contributed by atoms with Crippen LogP contribution in [0.4, 0.5) is 5.69 Å². The number of amides is 2. The molecule has 1 aromatic carbocycles. The van der Waals surface area contributed by atoms with Crippen LogP contribution in [0.3, 0.4) is 0 Å². The van der Waals surface area contributed by atoms with E-state index in [2.05, 4.69) is 26.2 Å². The molecule has 1 N–H and O–H groups in total. The minimum atomic E-state index is -0.356. The molecule has 5 nitrogen and oxygen atoms in total. The molecule has 0 aliphatic carbocycles. The lowest BCUT2D eigenvalue weighted by Crippen LogP contribution is -2.22. The quantitative estimate of drug-likeness (QED) is 0.884. The molecule has 22 heavy (non-hydrogen) atoms. The molecular weight excluding hydrogens is 370 g/mol. The number of carbonyl (C=O) groups is 2. The molecule has 0 saturated heterocycles. The number of pyridine rings is 1. The van der Waals surface area contributed by atoms with E-state index in [4.69, 9.17) is 11.6 Å². The zero-order valence-electron chi connectivity index (χ0n) is 11.9. The lowest BCUT2D eigenvalue weighted by Gasteiger charge is -2.13. The first kappa shape index (κ1) is 16.5. The van der Waals surface area contributed by atoms with Gasteiger partial charge in [-0.1, -0.05) is 11.6 Å². The van der Waals surface area contributed by atoms with E-state index in [1.807, 2.05) is 0 Å². The largest absolute Gasteiger partial charge is 0.345 e. The number of carbonyl (C=O) groups excluding carboxylic acids is 2. The summed E-state index contributed by atoms with van der Waals surface area (Å²) in [6.45, 7) is 0. The van der Waals surface area contributed by atoms with Gasteiger partial charge in [0.1, 0.15) is 0 Å². The van der Waals surface area contributed by atoms with Crippen molar-refractivity contribution in [3.8, 4) is 0 Å². The van der Waals surface area contributed by atoms with Crippen LogP contribution in [0.5, 0.6) is 0 Å². The van der Waals surface area contributed by atoms with Gasteiger partial charge in [0.15, 0.2) is 0 Å². The van der Waals surface area contributed by atoms with Gasteiger partial charge in [0.05, 0.1) is 16.3 Å². The molecule has 2 rings (SSSR count). The topological polar surface area (TPSA) is 62.3 Å². The average Bonchev–Trinajstić information content (AvgIpc) is 2.48. The second-order valence-electron chi connectivity index (χ2n) is 4.74. The Balaban J connectivity index is 2.27. The van der Waals surface area contributed by atoms with E-state index < -0.39 is 0 Å². The van der Waals surface area contributed by atoms with Crippen LogP contribution >= 0.6 is 27.5 Å². The maximum atomic E-state index is 12.2. The Kier molecular flexibility index (Phi) is 5.15. The van der Waals surface area contributed by atoms with Crippen molar-refractivity contribution >= 4 is 45.0 Å². The molecule has 0 atom stereocenters. The van der Waals surface area contributed by atoms with Crippen molar-refractivity contribution in [2.24, 2.45) is 0 Å². The molecule has 0 aliphatic rings. The van der Waals surface area contributed by atoms with E-state index in [9.17, 15) is 9.59 Å². The Morgan fingerprint density at radius 2 is 1.91 bits per heavy atom. The first-order valence-corrected chi connectivity index (χ1v) is 7.48. The van der Waals surface area contributed by atoms with Gasteiger partial charge < -0.3 is 10.2 Å². The minimum Gasteiger partial charge on any atom is -0.345 e. The van der Waals surface area contributed by atoms with Crippen molar-refractivity contribution in [1.29, 1.82) is 0 Å². The van der Waals surface area contributed by atoms with Crippen LogP contribution in [0, 0.1) is 0 Å². The van der Waals surface area contributed by atoms with Gasteiger partial charge in [0.25, 0.3) is 11.8 Å². The van der Waals surface area contributed by atoms with E-state index in [1.54, 1.807) is 44.6 Å². The summed E-state index contributed by atoms with van der Waals surface area (Å²) in [7, 11) is 3.31. The summed E-state index contributed by atoms with van der Waals surface area (Å²) in [5.41, 5.74) is 1.20. The molecule has 0 fully saturated rings. The second kappa shape index (κ2) is 6.89. The molecule has 1 heterocycles. The summed E-state index contributed by atoms with van der Waals surface area (Å²) in [5.74, 6) is -0.526. The molecule has 0 spiro atoms. The zero-order chi connectivity index (χ0) is 16.3. The Labute approximate surface area is 141 Å². The van der Waals surface area contributed by atoms with E-state index in [-0.39, 0.29) is 11.8 Å². The number of hydrogen-bond acceptors (Lipinski definition) is 3. The first-order chi connectivity index (χ1) is 10.4. The first-order valence-electron chi connectivity index (χ1n) is 6.31. The zero-order valence-corrected chi connectivity index (χ0v) is 14.3. The Hall–Kier alpha value is -1.92. The van der Waals surface area contributed by atoms with Crippen LogP contribution in [-0.4, -0.2) is 35.8 Å². The van der Waals surface area contributed by atoms with E-state index >= 15 is 0 Å². The van der Waals surface area contributed by atoms with Gasteiger partial charge in [-0.2, -0.15) is 0 Å². The number of nitrogens with one attached hydrogen (secondary N) is 1. The average molecular weight is 383 g/mol. The Bertz CT molecular complexity index is 734. The SMILES string of the molecule is CN(C)C(=O)c1ccc(Cl)c(NC(=O)c2cncc(Br)c2)c1. The number of benzene rings is 1. The number of nitrogens with zero attached hydrogens (tertiary/aromatic N) is 2. The van der Waals surface area contributed by atoms with Crippen LogP contribution in [0.1, 0.15) is 20.7 Å². The van der Waals surface area contributed by atoms with E-state index in [1.165, 1.54) is 11.1 Å². The molecule has 0 saturated carbocycles. The number of anilines is 1. The predicted octanol–water partition coefficient (Wildman–Crippen LogP) is 3.45. The monoisotopic (exact) mass is 381 g/mol. The fourth-order valence-electron chi connectivity index (χ4n) is 1.74. The number of hydrogen-bond donors (Lipinski definition) is 1. The smallest absolute Gasteiger partial charge is 0.257 e. The van der Waals surface area contributed by atoms with Crippen molar-refractivity contribution in [2.75, 3.05) is 19.4 Å². The Morgan fingerprint density at radius 3 is 2.55 bits per heavy atom. The van der Waals surface area contributed by atoms with Crippen molar-refractivity contribution in [2.45, 2.75) is 0 Å². The van der Waals surface area contributed by atoms with Gasteiger partial charge in [0.2, 0.25) is 0 Å². The number of halogens is 2. The van der Waals surface area contributed by atoms with E-state index in [0.29, 0.717) is 26.3 Å². The fourth-order valence-corrected chi connectivity index (χ4v) is 2.27. The summed E-state index contributed by atoms with van der Waals surface area (Å²) in [6, 6.07) is 6.38. The van der Waals surface area contributed by atoms with E-state index in [0.717, 1.165) is 0 Å². The van der Waals surface area contributed by atoms with Crippen molar-refractivity contribution in [3.05, 3.63) is 57.3 Å². The number of aromatic nitrogens is 1. The molecule has 7 heteroatoms. The maximum Gasteiger partial charge on any atom is 0.257 e. The summed E-state index contributed by atoms with van der Waals surface area (Å²) < 4.78 is 0.697. The molecular formula is C15H13BrClN3O2. The highest BCUT2D eigenvalue weighted by Gasteiger charge is 2.13. The van der Waals surface area contributed by atoms with Gasteiger partial charge >= 0.3 is 0 Å². The summed E-state index contributed by atoms with van der Waals surface area (Å²) in [4.78, 5) is 29.6. The van der Waals surface area contributed by atoms with Crippen molar-refractivity contribution in [3.63, 3.8) is 0 Å². The van der Waals surface area contributed by atoms with Crippen LogP contribution in [0.2, 0.25) is 5.02 Å². The third-order valence-corrected chi connectivity index (χ3v) is 3.60. The molecule has 1 aromatic heterocycles. The normalized spacial score (nSPS) is 10.2. The lowest BCUT2D eigenvalue weighted by atomic mass is 10.1.